The Labute approximate surface area is 145 Å². The molecule has 4 rings (SSSR count). The lowest BCUT2D eigenvalue weighted by Crippen LogP contribution is -2.39. The largest absolute Gasteiger partial charge is 0.337 e. The summed E-state index contributed by atoms with van der Waals surface area (Å²) in [6.45, 7) is 1.43. The fraction of sp³-hybridized carbons (Fsp3) is 0.263. The quantitative estimate of drug-likeness (QED) is 0.800. The second-order valence-corrected chi connectivity index (χ2v) is 6.26. The summed E-state index contributed by atoms with van der Waals surface area (Å²) in [5.41, 5.74) is 3.51. The molecule has 25 heavy (non-hydrogen) atoms. The molecule has 1 amide bonds. The van der Waals surface area contributed by atoms with Crippen LogP contribution in [0, 0.1) is 0 Å². The third kappa shape index (κ3) is 3.28. The van der Waals surface area contributed by atoms with Gasteiger partial charge < -0.3 is 4.90 Å². The van der Waals surface area contributed by atoms with Crippen molar-refractivity contribution in [2.75, 3.05) is 13.1 Å². The number of hydrogen-bond donors (Lipinski definition) is 1. The first-order valence-electron chi connectivity index (χ1n) is 8.47. The molecule has 0 aliphatic carbocycles. The number of aromatic nitrogens is 4. The van der Waals surface area contributed by atoms with Crippen LogP contribution in [0.25, 0.3) is 11.3 Å². The molecule has 0 saturated carbocycles. The number of hydrogen-bond acceptors (Lipinski definition) is 4. The van der Waals surface area contributed by atoms with Gasteiger partial charge in [-0.2, -0.15) is 5.10 Å². The Morgan fingerprint density at radius 1 is 1.20 bits per heavy atom. The highest BCUT2D eigenvalue weighted by atomic mass is 16.2. The SMILES string of the molecule is O=C(c1cnccn1)N1CCCC(c2cc(-c3ccccc3)n[nH]2)C1. The van der Waals surface area contributed by atoms with Gasteiger partial charge in [-0.1, -0.05) is 30.3 Å². The summed E-state index contributed by atoms with van der Waals surface area (Å²) in [6.07, 6.45) is 6.66. The Kier molecular flexibility index (Phi) is 4.24. The van der Waals surface area contributed by atoms with Crippen molar-refractivity contribution in [1.29, 1.82) is 0 Å². The maximum Gasteiger partial charge on any atom is 0.274 e. The number of amides is 1. The Morgan fingerprint density at radius 2 is 2.08 bits per heavy atom. The summed E-state index contributed by atoms with van der Waals surface area (Å²) >= 11 is 0. The minimum absolute atomic E-state index is 0.0550. The Balaban J connectivity index is 1.50. The zero-order valence-corrected chi connectivity index (χ0v) is 13.8. The molecular formula is C19H19N5O. The van der Waals surface area contributed by atoms with E-state index in [-0.39, 0.29) is 11.8 Å². The van der Waals surface area contributed by atoms with E-state index in [2.05, 4.69) is 26.2 Å². The summed E-state index contributed by atoms with van der Waals surface area (Å²) in [7, 11) is 0. The number of benzene rings is 1. The van der Waals surface area contributed by atoms with Gasteiger partial charge in [0.2, 0.25) is 0 Å². The first-order valence-corrected chi connectivity index (χ1v) is 8.47. The molecule has 6 heteroatoms. The molecule has 3 aromatic rings. The fourth-order valence-corrected chi connectivity index (χ4v) is 3.29. The lowest BCUT2D eigenvalue weighted by Gasteiger charge is -2.31. The van der Waals surface area contributed by atoms with Gasteiger partial charge in [0.05, 0.1) is 11.9 Å². The predicted octanol–water partition coefficient (Wildman–Crippen LogP) is 2.89. The topological polar surface area (TPSA) is 74.8 Å². The van der Waals surface area contributed by atoms with Crippen molar-refractivity contribution in [2.45, 2.75) is 18.8 Å². The molecule has 0 spiro atoms. The summed E-state index contributed by atoms with van der Waals surface area (Å²) in [5, 5.41) is 7.60. The molecule has 126 valence electrons. The average molecular weight is 333 g/mol. The van der Waals surface area contributed by atoms with Gasteiger partial charge in [-0.15, -0.1) is 0 Å². The van der Waals surface area contributed by atoms with E-state index >= 15 is 0 Å². The van der Waals surface area contributed by atoms with Crippen molar-refractivity contribution >= 4 is 5.91 Å². The summed E-state index contributed by atoms with van der Waals surface area (Å²) in [5.74, 6) is 0.208. The number of nitrogens with one attached hydrogen (secondary N) is 1. The normalized spacial score (nSPS) is 17.4. The van der Waals surface area contributed by atoms with Gasteiger partial charge in [0.1, 0.15) is 5.69 Å². The van der Waals surface area contributed by atoms with Crippen LogP contribution >= 0.6 is 0 Å². The molecule has 1 atom stereocenters. The molecule has 1 unspecified atom stereocenters. The van der Waals surface area contributed by atoms with Gasteiger partial charge >= 0.3 is 0 Å². The monoisotopic (exact) mass is 333 g/mol. The summed E-state index contributed by atoms with van der Waals surface area (Å²) in [6, 6.07) is 12.2. The molecule has 1 aliphatic heterocycles. The van der Waals surface area contributed by atoms with Crippen LogP contribution < -0.4 is 0 Å². The number of piperidine rings is 1. The van der Waals surface area contributed by atoms with Crippen molar-refractivity contribution in [2.24, 2.45) is 0 Å². The second kappa shape index (κ2) is 6.84. The second-order valence-electron chi connectivity index (χ2n) is 6.26. The third-order valence-corrected chi connectivity index (χ3v) is 4.60. The van der Waals surface area contributed by atoms with E-state index < -0.39 is 0 Å². The molecule has 2 aromatic heterocycles. The van der Waals surface area contributed by atoms with Gasteiger partial charge in [-0.3, -0.25) is 14.9 Å². The minimum atomic E-state index is -0.0550. The van der Waals surface area contributed by atoms with E-state index in [4.69, 9.17) is 0 Å². The zero-order valence-electron chi connectivity index (χ0n) is 13.8. The minimum Gasteiger partial charge on any atom is -0.337 e. The molecule has 0 bridgehead atoms. The van der Waals surface area contributed by atoms with Gasteiger partial charge in [0.25, 0.3) is 5.91 Å². The van der Waals surface area contributed by atoms with Crippen LogP contribution in [-0.2, 0) is 0 Å². The van der Waals surface area contributed by atoms with Crippen LogP contribution in [0.4, 0.5) is 0 Å². The first kappa shape index (κ1) is 15.5. The average Bonchev–Trinajstić information content (AvgIpc) is 3.19. The van der Waals surface area contributed by atoms with Crippen LogP contribution in [0.1, 0.15) is 34.9 Å². The lowest BCUT2D eigenvalue weighted by atomic mass is 9.94. The third-order valence-electron chi connectivity index (χ3n) is 4.60. The number of H-pyrrole nitrogens is 1. The molecule has 1 aromatic carbocycles. The van der Waals surface area contributed by atoms with E-state index in [1.54, 1.807) is 12.4 Å². The predicted molar refractivity (Wildman–Crippen MR) is 93.9 cm³/mol. The van der Waals surface area contributed by atoms with Gasteiger partial charge in [0, 0.05) is 42.7 Å². The Bertz CT molecular complexity index is 847. The number of likely N-dealkylation sites (tertiary alicyclic amines) is 1. The van der Waals surface area contributed by atoms with Gasteiger partial charge in [-0.25, -0.2) is 4.98 Å². The van der Waals surface area contributed by atoms with Crippen molar-refractivity contribution < 1.29 is 4.79 Å². The van der Waals surface area contributed by atoms with E-state index in [1.165, 1.54) is 6.20 Å². The van der Waals surface area contributed by atoms with Gasteiger partial charge in [-0.05, 0) is 18.9 Å². The highest BCUT2D eigenvalue weighted by Gasteiger charge is 2.27. The number of nitrogens with zero attached hydrogens (tertiary/aromatic N) is 4. The molecule has 1 N–H and O–H groups in total. The lowest BCUT2D eigenvalue weighted by molar-refractivity contribution is 0.0699. The molecule has 6 nitrogen and oxygen atoms in total. The van der Waals surface area contributed by atoms with Crippen LogP contribution in [0.5, 0.6) is 0 Å². The fourth-order valence-electron chi connectivity index (χ4n) is 3.29. The van der Waals surface area contributed by atoms with Crippen molar-refractivity contribution in [3.8, 4) is 11.3 Å². The molecule has 3 heterocycles. The zero-order chi connectivity index (χ0) is 17.1. The van der Waals surface area contributed by atoms with Crippen LogP contribution in [-0.4, -0.2) is 44.1 Å². The summed E-state index contributed by atoms with van der Waals surface area (Å²) in [4.78, 5) is 22.6. The van der Waals surface area contributed by atoms with E-state index in [9.17, 15) is 4.79 Å². The number of carbonyl (C=O) groups is 1. The van der Waals surface area contributed by atoms with Crippen LogP contribution in [0.2, 0.25) is 0 Å². The molecular weight excluding hydrogens is 314 g/mol. The Hall–Kier alpha value is -3.02. The molecule has 0 radical (unpaired) electrons. The van der Waals surface area contributed by atoms with Crippen molar-refractivity contribution in [1.82, 2.24) is 25.1 Å². The molecule has 1 fully saturated rings. The van der Waals surface area contributed by atoms with Crippen LogP contribution in [0.3, 0.4) is 0 Å². The van der Waals surface area contributed by atoms with Crippen molar-refractivity contribution in [3.05, 3.63) is 66.4 Å². The molecule has 1 saturated heterocycles. The van der Waals surface area contributed by atoms with Crippen LogP contribution in [0.15, 0.2) is 55.0 Å². The number of carbonyl (C=O) groups excluding carboxylic acids is 1. The van der Waals surface area contributed by atoms with E-state index in [1.807, 2.05) is 35.2 Å². The number of rotatable bonds is 3. The summed E-state index contributed by atoms with van der Waals surface area (Å²) < 4.78 is 0. The van der Waals surface area contributed by atoms with E-state index in [0.717, 1.165) is 36.3 Å². The smallest absolute Gasteiger partial charge is 0.274 e. The van der Waals surface area contributed by atoms with Crippen molar-refractivity contribution in [3.63, 3.8) is 0 Å². The van der Waals surface area contributed by atoms with Gasteiger partial charge in [0.15, 0.2) is 0 Å². The standard InChI is InChI=1S/C19H19N5O/c25-19(18-12-20-8-9-21-18)24-10-4-7-15(13-24)17-11-16(22-23-17)14-5-2-1-3-6-14/h1-3,5-6,8-9,11-12,15H,4,7,10,13H2,(H,22,23). The maximum absolute atomic E-state index is 12.6. The Morgan fingerprint density at radius 3 is 2.88 bits per heavy atom. The molecule has 1 aliphatic rings. The van der Waals surface area contributed by atoms with E-state index in [0.29, 0.717) is 12.2 Å². The first-order chi connectivity index (χ1) is 12.3. The highest BCUT2D eigenvalue weighted by Crippen LogP contribution is 2.28. The highest BCUT2D eigenvalue weighted by molar-refractivity contribution is 5.92. The maximum atomic E-state index is 12.6. The number of aromatic amines is 1.